The molecule has 2 aromatic carbocycles. The molecule has 0 spiro atoms. The fourth-order valence-electron chi connectivity index (χ4n) is 4.40. The van der Waals surface area contributed by atoms with E-state index in [2.05, 4.69) is 101 Å². The van der Waals surface area contributed by atoms with Gasteiger partial charge in [0.05, 0.1) is 13.2 Å². The van der Waals surface area contributed by atoms with Crippen LogP contribution in [0.3, 0.4) is 0 Å². The molecule has 2 atom stereocenters. The third kappa shape index (κ3) is 7.43. The molecule has 1 aliphatic heterocycles. The zero-order valence-corrected chi connectivity index (χ0v) is 23.5. The molecule has 1 saturated heterocycles. The van der Waals surface area contributed by atoms with Crippen LogP contribution in [-0.2, 0) is 4.74 Å². The molecule has 8 heteroatoms. The van der Waals surface area contributed by atoms with Crippen LogP contribution in [0.4, 0.5) is 6.01 Å². The Balaban J connectivity index is 1.26. The predicted molar refractivity (Wildman–Crippen MR) is 153 cm³/mol. The van der Waals surface area contributed by atoms with Crippen LogP contribution in [0.15, 0.2) is 57.9 Å². The van der Waals surface area contributed by atoms with Gasteiger partial charge >= 0.3 is 6.01 Å². The summed E-state index contributed by atoms with van der Waals surface area (Å²) in [6.07, 6.45) is 2.11. The summed E-state index contributed by atoms with van der Waals surface area (Å²) in [5.41, 5.74) is 2.39. The maximum Gasteiger partial charge on any atom is 0.324 e. The molecular weight excluding hydrogens is 484 g/mol. The SMILES string of the molecule is CC=S(NC(C)COC)c1ccc(-c2ccc(OCC3CCN(c4nc(C(C)C)no4)CC3)cc2)cc1. The molecule has 0 radical (unpaired) electrons. The summed E-state index contributed by atoms with van der Waals surface area (Å²) in [4.78, 5) is 7.99. The summed E-state index contributed by atoms with van der Waals surface area (Å²) in [7, 11) is 1.63. The Morgan fingerprint density at radius 1 is 1.05 bits per heavy atom. The quantitative estimate of drug-likeness (QED) is 0.302. The average molecular weight is 525 g/mol. The molecule has 0 saturated carbocycles. The van der Waals surface area contributed by atoms with E-state index in [0.29, 0.717) is 24.6 Å². The standard InChI is InChI=1S/C29H40N4O3S/c1-6-37(32-22(4)19-34-5)27-13-9-25(10-14-27)24-7-11-26(12-8-24)35-20-23-15-17-33(18-16-23)29-30-28(21(2)3)31-36-29/h6-14,21-23,32H,15-20H2,1-5H3. The Hall–Kier alpha value is -2.68. The van der Waals surface area contributed by atoms with Crippen molar-refractivity contribution < 1.29 is 14.0 Å². The zero-order valence-electron chi connectivity index (χ0n) is 22.6. The second kappa shape index (κ2) is 13.2. The smallest absolute Gasteiger partial charge is 0.324 e. The van der Waals surface area contributed by atoms with Crippen LogP contribution in [0.2, 0.25) is 0 Å². The predicted octanol–water partition coefficient (Wildman–Crippen LogP) is 6.14. The number of methoxy groups -OCH3 is 1. The van der Waals surface area contributed by atoms with Gasteiger partial charge in [0.25, 0.3) is 0 Å². The van der Waals surface area contributed by atoms with Crippen molar-refractivity contribution >= 4 is 22.1 Å². The lowest BCUT2D eigenvalue weighted by Crippen LogP contribution is -2.35. The first-order chi connectivity index (χ1) is 18.0. The van der Waals surface area contributed by atoms with Crippen molar-refractivity contribution in [2.24, 2.45) is 5.92 Å². The number of benzene rings is 2. The Kier molecular flexibility index (Phi) is 9.77. The van der Waals surface area contributed by atoms with E-state index in [0.717, 1.165) is 44.1 Å². The third-order valence-electron chi connectivity index (χ3n) is 6.59. The molecule has 2 unspecified atom stereocenters. The van der Waals surface area contributed by atoms with Gasteiger partial charge in [-0.15, -0.1) is 0 Å². The minimum Gasteiger partial charge on any atom is -0.493 e. The van der Waals surface area contributed by atoms with Gasteiger partial charge in [0.2, 0.25) is 0 Å². The molecule has 4 rings (SSSR count). The lowest BCUT2D eigenvalue weighted by Gasteiger charge is -2.30. The minimum atomic E-state index is -0.104. The van der Waals surface area contributed by atoms with Gasteiger partial charge in [-0.2, -0.15) is 4.98 Å². The van der Waals surface area contributed by atoms with Gasteiger partial charge in [0.1, 0.15) is 5.75 Å². The Morgan fingerprint density at radius 2 is 1.70 bits per heavy atom. The molecule has 1 aliphatic rings. The van der Waals surface area contributed by atoms with E-state index in [1.807, 2.05) is 0 Å². The van der Waals surface area contributed by atoms with Crippen LogP contribution in [0.1, 0.15) is 52.3 Å². The highest BCUT2D eigenvalue weighted by atomic mass is 32.2. The topological polar surface area (TPSA) is 72.7 Å². The molecule has 1 aromatic heterocycles. The number of piperidine rings is 1. The first kappa shape index (κ1) is 27.4. The average Bonchev–Trinajstić information content (AvgIpc) is 3.42. The Labute approximate surface area is 223 Å². The zero-order chi connectivity index (χ0) is 26.2. The first-order valence-electron chi connectivity index (χ1n) is 13.2. The van der Waals surface area contributed by atoms with Gasteiger partial charge in [0, 0.05) is 37.1 Å². The van der Waals surface area contributed by atoms with Crippen molar-refractivity contribution in [3.63, 3.8) is 0 Å². The van der Waals surface area contributed by atoms with E-state index in [4.69, 9.17) is 14.0 Å². The number of nitrogens with zero attached hydrogens (tertiary/aromatic N) is 3. The molecular formula is C29H40N4O3S. The molecule has 0 bridgehead atoms. The number of hydrogen-bond acceptors (Lipinski definition) is 7. The van der Waals surface area contributed by atoms with Crippen molar-refractivity contribution in [3.05, 3.63) is 54.4 Å². The largest absolute Gasteiger partial charge is 0.493 e. The van der Waals surface area contributed by atoms with E-state index in [1.165, 1.54) is 16.0 Å². The van der Waals surface area contributed by atoms with Gasteiger partial charge in [-0.05, 0) is 73.4 Å². The molecule has 1 fully saturated rings. The Morgan fingerprint density at radius 3 is 2.27 bits per heavy atom. The fourth-order valence-corrected chi connectivity index (χ4v) is 5.88. The number of ether oxygens (including phenoxy) is 2. The summed E-state index contributed by atoms with van der Waals surface area (Å²) in [6.45, 7) is 11.7. The number of rotatable bonds is 11. The third-order valence-corrected chi connectivity index (χ3v) is 8.50. The summed E-state index contributed by atoms with van der Waals surface area (Å²) < 4.78 is 20.5. The van der Waals surface area contributed by atoms with E-state index in [9.17, 15) is 0 Å². The minimum absolute atomic E-state index is 0.104. The molecule has 1 N–H and O–H groups in total. The highest BCUT2D eigenvalue weighted by molar-refractivity contribution is 8.13. The second-order valence-corrected chi connectivity index (χ2v) is 11.8. The maximum atomic E-state index is 6.14. The fraction of sp³-hybridized carbons (Fsp3) is 0.483. The number of anilines is 1. The van der Waals surface area contributed by atoms with Crippen LogP contribution >= 0.6 is 10.7 Å². The van der Waals surface area contributed by atoms with Crippen LogP contribution in [0.5, 0.6) is 5.75 Å². The molecule has 0 amide bonds. The van der Waals surface area contributed by atoms with Crippen molar-refractivity contribution in [1.82, 2.24) is 14.9 Å². The van der Waals surface area contributed by atoms with Crippen LogP contribution in [-0.4, -0.2) is 55.0 Å². The molecule has 200 valence electrons. The number of hydrogen-bond donors (Lipinski definition) is 1. The van der Waals surface area contributed by atoms with Gasteiger partial charge in [0.15, 0.2) is 5.82 Å². The number of nitrogens with one attached hydrogen (secondary N) is 1. The highest BCUT2D eigenvalue weighted by Crippen LogP contribution is 2.29. The van der Waals surface area contributed by atoms with Crippen molar-refractivity contribution in [3.8, 4) is 16.9 Å². The summed E-state index contributed by atoms with van der Waals surface area (Å²) >= 11 is 0. The van der Waals surface area contributed by atoms with Crippen LogP contribution in [0.25, 0.3) is 11.1 Å². The number of aromatic nitrogens is 2. The van der Waals surface area contributed by atoms with Gasteiger partial charge in [-0.3, -0.25) is 4.72 Å². The molecule has 7 nitrogen and oxygen atoms in total. The Bertz CT molecular complexity index is 1140. The summed E-state index contributed by atoms with van der Waals surface area (Å²) in [5, 5.41) is 6.30. The molecule has 2 heterocycles. The second-order valence-electron chi connectivity index (χ2n) is 9.93. The van der Waals surface area contributed by atoms with E-state index in [-0.39, 0.29) is 16.6 Å². The summed E-state index contributed by atoms with van der Waals surface area (Å²) in [6, 6.07) is 18.2. The first-order valence-corrected chi connectivity index (χ1v) is 14.4. The highest BCUT2D eigenvalue weighted by Gasteiger charge is 2.24. The van der Waals surface area contributed by atoms with E-state index in [1.54, 1.807) is 7.11 Å². The monoisotopic (exact) mass is 524 g/mol. The molecule has 0 aliphatic carbocycles. The summed E-state index contributed by atoms with van der Waals surface area (Å²) in [5.74, 6) is 2.49. The van der Waals surface area contributed by atoms with Gasteiger partial charge in [-0.25, -0.2) is 0 Å². The lowest BCUT2D eigenvalue weighted by atomic mass is 9.98. The van der Waals surface area contributed by atoms with Gasteiger partial charge in [-0.1, -0.05) is 53.9 Å². The van der Waals surface area contributed by atoms with Gasteiger partial charge < -0.3 is 18.9 Å². The lowest BCUT2D eigenvalue weighted by molar-refractivity contribution is 0.181. The van der Waals surface area contributed by atoms with Crippen LogP contribution in [0, 0.1) is 5.92 Å². The molecule has 37 heavy (non-hydrogen) atoms. The maximum absolute atomic E-state index is 6.14. The van der Waals surface area contributed by atoms with E-state index < -0.39 is 0 Å². The van der Waals surface area contributed by atoms with Crippen molar-refractivity contribution in [2.75, 3.05) is 38.3 Å². The van der Waals surface area contributed by atoms with Crippen molar-refractivity contribution in [1.29, 1.82) is 0 Å². The molecule has 3 aromatic rings. The van der Waals surface area contributed by atoms with Crippen LogP contribution < -0.4 is 14.4 Å². The normalized spacial score (nSPS) is 16.3. The van der Waals surface area contributed by atoms with E-state index >= 15 is 0 Å². The van der Waals surface area contributed by atoms with Crippen molar-refractivity contribution in [2.45, 2.75) is 57.4 Å².